The Morgan fingerprint density at radius 2 is 2.00 bits per heavy atom. The number of rotatable bonds is 6. The Bertz CT molecular complexity index is 1030. The summed E-state index contributed by atoms with van der Waals surface area (Å²) in [6.07, 6.45) is 3.21. The maximum atomic E-state index is 12.8. The number of methoxy groups -OCH3 is 1. The van der Waals surface area contributed by atoms with E-state index >= 15 is 0 Å². The smallest absolute Gasteiger partial charge is 0.283 e. The Labute approximate surface area is 173 Å². The van der Waals surface area contributed by atoms with Crippen molar-refractivity contribution in [3.05, 3.63) is 76.8 Å². The summed E-state index contributed by atoms with van der Waals surface area (Å²) in [4.78, 5) is 25.4. The summed E-state index contributed by atoms with van der Waals surface area (Å²) in [6.45, 7) is 5.55. The van der Waals surface area contributed by atoms with Crippen molar-refractivity contribution in [1.82, 2.24) is 5.01 Å². The summed E-state index contributed by atoms with van der Waals surface area (Å²) < 4.78 is 10.9. The molecule has 0 fully saturated rings. The van der Waals surface area contributed by atoms with Gasteiger partial charge in [-0.25, -0.2) is 0 Å². The Kier molecular flexibility index (Phi) is 6.14. The highest BCUT2D eigenvalue weighted by Gasteiger charge is 2.33. The molecule has 0 spiro atoms. The SMILES string of the molecule is C=CCOc1c(Cl)cc(/C=C2/C(=O)N(C(=O)c3ccccc3)N=C2C)cc1OC. The molecule has 0 aliphatic carbocycles. The van der Waals surface area contributed by atoms with Crippen molar-refractivity contribution in [1.29, 1.82) is 0 Å². The van der Waals surface area contributed by atoms with Crippen molar-refractivity contribution in [2.45, 2.75) is 6.92 Å². The molecule has 2 aromatic carbocycles. The van der Waals surface area contributed by atoms with Crippen LogP contribution in [0.25, 0.3) is 6.08 Å². The van der Waals surface area contributed by atoms with E-state index in [0.717, 1.165) is 5.01 Å². The Balaban J connectivity index is 1.92. The molecular weight excluding hydrogens is 392 g/mol. The molecule has 0 bridgehead atoms. The first-order valence-electron chi connectivity index (χ1n) is 8.78. The Morgan fingerprint density at radius 1 is 1.28 bits per heavy atom. The molecule has 7 heteroatoms. The fraction of sp³-hybridized carbons (Fsp3) is 0.136. The minimum atomic E-state index is -0.501. The molecule has 2 amide bonds. The average Bonchev–Trinajstić information content (AvgIpc) is 3.01. The normalized spacial score (nSPS) is 14.7. The van der Waals surface area contributed by atoms with E-state index in [2.05, 4.69) is 11.7 Å². The molecule has 0 unspecified atom stereocenters. The fourth-order valence-corrected chi connectivity index (χ4v) is 3.07. The first kappa shape index (κ1) is 20.4. The second kappa shape index (κ2) is 8.75. The molecule has 1 heterocycles. The minimum Gasteiger partial charge on any atom is -0.493 e. The summed E-state index contributed by atoms with van der Waals surface area (Å²) in [6, 6.07) is 11.9. The zero-order valence-electron chi connectivity index (χ0n) is 16.0. The third-order valence-corrected chi connectivity index (χ3v) is 4.46. The van der Waals surface area contributed by atoms with Gasteiger partial charge in [0.25, 0.3) is 11.8 Å². The second-order valence-electron chi connectivity index (χ2n) is 6.17. The van der Waals surface area contributed by atoms with Crippen molar-refractivity contribution in [2.75, 3.05) is 13.7 Å². The lowest BCUT2D eigenvalue weighted by molar-refractivity contribution is -0.123. The largest absolute Gasteiger partial charge is 0.493 e. The molecule has 148 valence electrons. The van der Waals surface area contributed by atoms with Gasteiger partial charge in [0.15, 0.2) is 11.5 Å². The minimum absolute atomic E-state index is 0.275. The van der Waals surface area contributed by atoms with Gasteiger partial charge in [-0.3, -0.25) is 9.59 Å². The number of carbonyl (C=O) groups is 2. The van der Waals surface area contributed by atoms with Crippen LogP contribution in [0.3, 0.4) is 0 Å². The molecule has 0 N–H and O–H groups in total. The van der Waals surface area contributed by atoms with Gasteiger partial charge in [-0.1, -0.05) is 42.5 Å². The van der Waals surface area contributed by atoms with Gasteiger partial charge >= 0.3 is 0 Å². The molecule has 0 aromatic heterocycles. The van der Waals surface area contributed by atoms with Crippen LogP contribution in [0.5, 0.6) is 11.5 Å². The number of hydrazone groups is 1. The molecule has 0 saturated carbocycles. The van der Waals surface area contributed by atoms with Crippen LogP contribution in [0.15, 0.2) is 65.8 Å². The first-order valence-corrected chi connectivity index (χ1v) is 9.16. The summed E-state index contributed by atoms with van der Waals surface area (Å²) in [5.41, 5.74) is 1.73. The summed E-state index contributed by atoms with van der Waals surface area (Å²) in [5, 5.41) is 5.33. The fourth-order valence-electron chi connectivity index (χ4n) is 2.80. The van der Waals surface area contributed by atoms with E-state index < -0.39 is 11.8 Å². The number of amides is 2. The van der Waals surface area contributed by atoms with E-state index in [1.54, 1.807) is 61.5 Å². The summed E-state index contributed by atoms with van der Waals surface area (Å²) in [7, 11) is 1.50. The molecular formula is C22H19ClN2O4. The van der Waals surface area contributed by atoms with Gasteiger partial charge in [-0.15, -0.1) is 0 Å². The number of hydrogen-bond donors (Lipinski definition) is 0. The van der Waals surface area contributed by atoms with Gasteiger partial charge in [-0.05, 0) is 42.8 Å². The van der Waals surface area contributed by atoms with Gasteiger partial charge in [0, 0.05) is 5.56 Å². The molecule has 0 radical (unpaired) electrons. The van der Waals surface area contributed by atoms with Gasteiger partial charge in [0.2, 0.25) is 0 Å². The van der Waals surface area contributed by atoms with Crippen LogP contribution in [0, 0.1) is 0 Å². The standard InChI is InChI=1S/C22H19ClN2O4/c1-4-10-29-20-18(23)12-15(13-19(20)28-3)11-17-14(2)24-25(22(17)27)21(26)16-8-6-5-7-9-16/h4-9,11-13H,1,10H2,2-3H3/b17-11+. The average molecular weight is 411 g/mol. The number of nitrogens with zero attached hydrogens (tertiary/aromatic N) is 2. The van der Waals surface area contributed by atoms with Crippen molar-refractivity contribution in [3.63, 3.8) is 0 Å². The van der Waals surface area contributed by atoms with Gasteiger partial charge in [0.1, 0.15) is 6.61 Å². The number of hydrogen-bond acceptors (Lipinski definition) is 5. The predicted octanol–water partition coefficient (Wildman–Crippen LogP) is 4.36. The molecule has 3 rings (SSSR count). The predicted molar refractivity (Wildman–Crippen MR) is 112 cm³/mol. The zero-order chi connectivity index (χ0) is 21.0. The van der Waals surface area contributed by atoms with E-state index in [-0.39, 0.29) is 6.61 Å². The van der Waals surface area contributed by atoms with Crippen LogP contribution in [0.4, 0.5) is 0 Å². The van der Waals surface area contributed by atoms with E-state index in [1.807, 2.05) is 0 Å². The van der Waals surface area contributed by atoms with Gasteiger partial charge < -0.3 is 9.47 Å². The summed E-state index contributed by atoms with van der Waals surface area (Å²) >= 11 is 6.32. The van der Waals surface area contributed by atoms with E-state index in [9.17, 15) is 9.59 Å². The third-order valence-electron chi connectivity index (χ3n) is 4.18. The van der Waals surface area contributed by atoms with Gasteiger partial charge in [0.05, 0.1) is 23.4 Å². The molecule has 0 atom stereocenters. The van der Waals surface area contributed by atoms with E-state index in [4.69, 9.17) is 21.1 Å². The molecule has 29 heavy (non-hydrogen) atoms. The van der Waals surface area contributed by atoms with Crippen LogP contribution in [-0.4, -0.2) is 36.3 Å². The zero-order valence-corrected chi connectivity index (χ0v) is 16.8. The second-order valence-corrected chi connectivity index (χ2v) is 6.57. The third kappa shape index (κ3) is 4.22. The lowest BCUT2D eigenvalue weighted by Gasteiger charge is -2.12. The number of carbonyl (C=O) groups excluding carboxylic acids is 2. The van der Waals surface area contributed by atoms with Crippen molar-refractivity contribution >= 4 is 35.2 Å². The number of imide groups is 1. The number of benzene rings is 2. The molecule has 0 saturated heterocycles. The summed E-state index contributed by atoms with van der Waals surface area (Å²) in [5.74, 6) is -0.177. The van der Waals surface area contributed by atoms with Gasteiger partial charge in [-0.2, -0.15) is 10.1 Å². The van der Waals surface area contributed by atoms with Crippen molar-refractivity contribution in [2.24, 2.45) is 5.10 Å². The van der Waals surface area contributed by atoms with Crippen LogP contribution in [0.2, 0.25) is 5.02 Å². The molecule has 1 aliphatic rings. The highest BCUT2D eigenvalue weighted by molar-refractivity contribution is 6.33. The maximum Gasteiger partial charge on any atom is 0.283 e. The quantitative estimate of drug-likeness (QED) is 0.403. The van der Waals surface area contributed by atoms with Crippen LogP contribution >= 0.6 is 11.6 Å². The topological polar surface area (TPSA) is 68.2 Å². The highest BCUT2D eigenvalue weighted by Crippen LogP contribution is 2.37. The first-order chi connectivity index (χ1) is 14.0. The lowest BCUT2D eigenvalue weighted by atomic mass is 10.1. The molecule has 6 nitrogen and oxygen atoms in total. The number of halogens is 1. The maximum absolute atomic E-state index is 12.8. The lowest BCUT2D eigenvalue weighted by Crippen LogP contribution is -2.29. The van der Waals surface area contributed by atoms with Crippen LogP contribution < -0.4 is 9.47 Å². The highest BCUT2D eigenvalue weighted by atomic mass is 35.5. The monoisotopic (exact) mass is 410 g/mol. The molecule has 2 aromatic rings. The van der Waals surface area contributed by atoms with Crippen LogP contribution in [0.1, 0.15) is 22.8 Å². The van der Waals surface area contributed by atoms with E-state index in [0.29, 0.717) is 38.9 Å². The van der Waals surface area contributed by atoms with Crippen molar-refractivity contribution in [3.8, 4) is 11.5 Å². The number of ether oxygens (including phenoxy) is 2. The van der Waals surface area contributed by atoms with E-state index in [1.165, 1.54) is 7.11 Å². The van der Waals surface area contributed by atoms with Crippen molar-refractivity contribution < 1.29 is 19.1 Å². The Morgan fingerprint density at radius 3 is 2.66 bits per heavy atom. The molecule has 1 aliphatic heterocycles. The Hall–Kier alpha value is -3.38. The van der Waals surface area contributed by atoms with Crippen LogP contribution in [-0.2, 0) is 4.79 Å².